The van der Waals surface area contributed by atoms with Crippen LogP contribution in [0.4, 0.5) is 10.1 Å². The smallest absolute Gasteiger partial charge is 0.262 e. The minimum Gasteiger partial charge on any atom is -0.276 e. The molecule has 0 aliphatic heterocycles. The van der Waals surface area contributed by atoms with Crippen molar-refractivity contribution in [2.45, 2.75) is 39.1 Å². The van der Waals surface area contributed by atoms with E-state index in [-0.39, 0.29) is 10.7 Å². The van der Waals surface area contributed by atoms with E-state index in [2.05, 4.69) is 9.82 Å². The van der Waals surface area contributed by atoms with Gasteiger partial charge in [-0.2, -0.15) is 5.10 Å². The summed E-state index contributed by atoms with van der Waals surface area (Å²) < 4.78 is 43.0. The Morgan fingerprint density at radius 3 is 2.30 bits per heavy atom. The lowest BCUT2D eigenvalue weighted by Crippen LogP contribution is -2.14. The molecule has 3 aromatic rings. The molecule has 0 radical (unpaired) electrons. The van der Waals surface area contributed by atoms with Crippen molar-refractivity contribution in [2.24, 2.45) is 0 Å². The Balaban J connectivity index is 1.89. The van der Waals surface area contributed by atoms with Crippen LogP contribution < -0.4 is 4.72 Å². The van der Waals surface area contributed by atoms with Crippen molar-refractivity contribution < 1.29 is 12.8 Å². The molecule has 0 unspecified atom stereocenters. The highest BCUT2D eigenvalue weighted by atomic mass is 32.2. The lowest BCUT2D eigenvalue weighted by atomic mass is 10.1. The van der Waals surface area contributed by atoms with Crippen molar-refractivity contribution in [3.8, 4) is 0 Å². The van der Waals surface area contributed by atoms with Gasteiger partial charge in [0.1, 0.15) is 5.82 Å². The van der Waals surface area contributed by atoms with Gasteiger partial charge >= 0.3 is 0 Å². The van der Waals surface area contributed by atoms with Crippen LogP contribution in [0.2, 0.25) is 0 Å². The van der Waals surface area contributed by atoms with Gasteiger partial charge in [-0.25, -0.2) is 12.8 Å². The number of benzene rings is 2. The van der Waals surface area contributed by atoms with Crippen molar-refractivity contribution in [3.05, 3.63) is 76.4 Å². The molecule has 0 saturated carbocycles. The zero-order valence-electron chi connectivity index (χ0n) is 15.7. The number of aromatic nitrogens is 2. The van der Waals surface area contributed by atoms with E-state index in [4.69, 9.17) is 0 Å². The fourth-order valence-corrected chi connectivity index (χ4v) is 4.10. The third kappa shape index (κ3) is 4.03. The number of rotatable bonds is 5. The fourth-order valence-electron chi connectivity index (χ4n) is 2.84. The van der Waals surface area contributed by atoms with Crippen molar-refractivity contribution in [2.75, 3.05) is 4.72 Å². The Morgan fingerprint density at radius 2 is 1.67 bits per heavy atom. The van der Waals surface area contributed by atoms with Crippen LogP contribution in [0.15, 0.2) is 47.4 Å². The number of halogens is 1. The molecule has 0 fully saturated rings. The summed E-state index contributed by atoms with van der Waals surface area (Å²) in [5.74, 6) is -0.297. The van der Waals surface area contributed by atoms with Crippen LogP contribution in [0.1, 0.15) is 28.1 Å². The van der Waals surface area contributed by atoms with Gasteiger partial charge in [0, 0.05) is 0 Å². The van der Waals surface area contributed by atoms with Crippen molar-refractivity contribution >= 4 is 15.7 Å². The van der Waals surface area contributed by atoms with Crippen molar-refractivity contribution in [1.82, 2.24) is 9.78 Å². The van der Waals surface area contributed by atoms with Crippen molar-refractivity contribution in [1.29, 1.82) is 0 Å². The predicted molar refractivity (Wildman–Crippen MR) is 104 cm³/mol. The van der Waals surface area contributed by atoms with Gasteiger partial charge in [-0.1, -0.05) is 18.2 Å². The maximum Gasteiger partial charge on any atom is 0.262 e. The molecule has 1 aromatic heterocycles. The van der Waals surface area contributed by atoms with Crippen LogP contribution in [-0.2, 0) is 16.6 Å². The van der Waals surface area contributed by atoms with Gasteiger partial charge in [0.05, 0.1) is 28.5 Å². The van der Waals surface area contributed by atoms with Crippen LogP contribution in [-0.4, -0.2) is 18.2 Å². The maximum absolute atomic E-state index is 13.1. The van der Waals surface area contributed by atoms with Crippen LogP contribution in [0.25, 0.3) is 0 Å². The summed E-state index contributed by atoms with van der Waals surface area (Å²) in [6.45, 7) is 7.81. The molecule has 7 heteroatoms. The molecule has 1 N–H and O–H groups in total. The van der Waals surface area contributed by atoms with Crippen LogP contribution in [0.5, 0.6) is 0 Å². The maximum atomic E-state index is 13.1. The second-order valence-corrected chi connectivity index (χ2v) is 8.36. The summed E-state index contributed by atoms with van der Waals surface area (Å²) >= 11 is 0. The molecule has 0 aliphatic carbocycles. The van der Waals surface area contributed by atoms with Crippen LogP contribution in [0, 0.1) is 33.5 Å². The predicted octanol–water partition coefficient (Wildman–Crippen LogP) is 4.10. The standard InChI is InChI=1S/C20H22FN3O2S/c1-13-5-10-19(11-14(13)2)27(25,26)23-20-15(3)22-24(16(20)4)12-17-6-8-18(21)9-7-17/h5-11,23H,12H2,1-4H3. The minimum atomic E-state index is -3.72. The van der Waals surface area contributed by atoms with Gasteiger partial charge in [0.15, 0.2) is 0 Å². The summed E-state index contributed by atoms with van der Waals surface area (Å²) in [5.41, 5.74) is 4.58. The third-order valence-corrected chi connectivity index (χ3v) is 6.00. The van der Waals surface area contributed by atoms with E-state index < -0.39 is 10.0 Å². The zero-order chi connectivity index (χ0) is 19.8. The van der Waals surface area contributed by atoms with E-state index in [0.717, 1.165) is 16.7 Å². The number of hydrogen-bond acceptors (Lipinski definition) is 3. The van der Waals surface area contributed by atoms with Crippen molar-refractivity contribution in [3.63, 3.8) is 0 Å². The molecular weight excluding hydrogens is 365 g/mol. The molecule has 0 amide bonds. The van der Waals surface area contributed by atoms with E-state index in [1.165, 1.54) is 12.1 Å². The summed E-state index contributed by atoms with van der Waals surface area (Å²) in [5, 5.41) is 4.43. The van der Waals surface area contributed by atoms with E-state index in [0.29, 0.717) is 23.6 Å². The van der Waals surface area contributed by atoms with E-state index >= 15 is 0 Å². The highest BCUT2D eigenvalue weighted by Crippen LogP contribution is 2.25. The highest BCUT2D eigenvalue weighted by molar-refractivity contribution is 7.92. The molecular formula is C20H22FN3O2S. The Bertz CT molecular complexity index is 1090. The second kappa shape index (κ2) is 7.15. The molecule has 27 heavy (non-hydrogen) atoms. The summed E-state index contributed by atoms with van der Waals surface area (Å²) in [6, 6.07) is 11.2. The Labute approximate surface area is 158 Å². The van der Waals surface area contributed by atoms with E-state index in [1.54, 1.807) is 41.9 Å². The summed E-state index contributed by atoms with van der Waals surface area (Å²) in [6.07, 6.45) is 0. The first kappa shape index (κ1) is 19.1. The molecule has 0 saturated heterocycles. The topological polar surface area (TPSA) is 64.0 Å². The number of aryl methyl sites for hydroxylation is 3. The SMILES string of the molecule is Cc1ccc(S(=O)(=O)Nc2c(C)nn(Cc3ccc(F)cc3)c2C)cc1C. The normalized spacial score (nSPS) is 11.6. The lowest BCUT2D eigenvalue weighted by Gasteiger charge is -2.10. The first-order valence-electron chi connectivity index (χ1n) is 8.56. The average Bonchev–Trinajstić information content (AvgIpc) is 2.86. The fraction of sp³-hybridized carbons (Fsp3) is 0.250. The molecule has 0 spiro atoms. The van der Waals surface area contributed by atoms with E-state index in [1.807, 2.05) is 20.8 Å². The number of nitrogens with zero attached hydrogens (tertiary/aromatic N) is 2. The Hall–Kier alpha value is -2.67. The number of anilines is 1. The molecule has 2 aromatic carbocycles. The van der Waals surface area contributed by atoms with Gasteiger partial charge in [-0.05, 0) is 68.7 Å². The first-order valence-corrected chi connectivity index (χ1v) is 10.0. The average molecular weight is 387 g/mol. The molecule has 0 aliphatic rings. The summed E-state index contributed by atoms with van der Waals surface area (Å²) in [7, 11) is -3.72. The Kier molecular flexibility index (Phi) is 5.06. The van der Waals surface area contributed by atoms with Gasteiger partial charge in [0.2, 0.25) is 0 Å². The molecule has 0 bridgehead atoms. The van der Waals surface area contributed by atoms with Gasteiger partial charge in [-0.3, -0.25) is 9.40 Å². The lowest BCUT2D eigenvalue weighted by molar-refractivity contribution is 0.601. The summed E-state index contributed by atoms with van der Waals surface area (Å²) in [4.78, 5) is 0.218. The quantitative estimate of drug-likeness (QED) is 0.717. The van der Waals surface area contributed by atoms with Crippen LogP contribution >= 0.6 is 0 Å². The van der Waals surface area contributed by atoms with Gasteiger partial charge < -0.3 is 0 Å². The number of nitrogens with one attached hydrogen (secondary N) is 1. The number of sulfonamides is 1. The monoisotopic (exact) mass is 387 g/mol. The second-order valence-electron chi connectivity index (χ2n) is 6.68. The van der Waals surface area contributed by atoms with E-state index in [9.17, 15) is 12.8 Å². The zero-order valence-corrected chi connectivity index (χ0v) is 16.6. The molecule has 5 nitrogen and oxygen atoms in total. The highest BCUT2D eigenvalue weighted by Gasteiger charge is 2.20. The molecule has 3 rings (SSSR count). The molecule has 0 atom stereocenters. The minimum absolute atomic E-state index is 0.218. The Morgan fingerprint density at radius 1 is 1.00 bits per heavy atom. The number of hydrogen-bond donors (Lipinski definition) is 1. The molecule has 1 heterocycles. The van der Waals surface area contributed by atoms with Gasteiger partial charge in [-0.15, -0.1) is 0 Å². The largest absolute Gasteiger partial charge is 0.276 e. The van der Waals surface area contributed by atoms with Crippen LogP contribution in [0.3, 0.4) is 0 Å². The third-order valence-electron chi connectivity index (χ3n) is 4.65. The van der Waals surface area contributed by atoms with Gasteiger partial charge in [0.25, 0.3) is 10.0 Å². The molecule has 142 valence electrons. The first-order chi connectivity index (χ1) is 12.7.